The van der Waals surface area contributed by atoms with Crippen LogP contribution in [0.4, 0.5) is 0 Å². The first kappa shape index (κ1) is 13.5. The van der Waals surface area contributed by atoms with Crippen molar-refractivity contribution in [1.82, 2.24) is 0 Å². The lowest BCUT2D eigenvalue weighted by molar-refractivity contribution is 0.104. The van der Waals surface area contributed by atoms with Gasteiger partial charge in [0.15, 0.2) is 17.3 Å². The third-order valence-corrected chi connectivity index (χ3v) is 2.69. The van der Waals surface area contributed by atoms with E-state index in [0.29, 0.717) is 5.56 Å². The van der Waals surface area contributed by atoms with Gasteiger partial charge in [0.25, 0.3) is 0 Å². The van der Waals surface area contributed by atoms with Crippen LogP contribution in [0.3, 0.4) is 0 Å². The monoisotopic (exact) mass is 272 g/mol. The molecule has 0 heterocycles. The van der Waals surface area contributed by atoms with Crippen molar-refractivity contribution in [3.05, 3.63) is 53.6 Å². The summed E-state index contributed by atoms with van der Waals surface area (Å²) in [5.41, 5.74) is 0.578. The van der Waals surface area contributed by atoms with Crippen molar-refractivity contribution in [1.29, 1.82) is 0 Å². The number of aromatic hydroxyl groups is 4. The lowest BCUT2D eigenvalue weighted by atomic mass is 10.1. The number of ketones is 1. The van der Waals surface area contributed by atoms with Gasteiger partial charge < -0.3 is 20.4 Å². The minimum absolute atomic E-state index is 0.0746. The van der Waals surface area contributed by atoms with Gasteiger partial charge in [-0.3, -0.25) is 4.79 Å². The largest absolute Gasteiger partial charge is 0.508 e. The summed E-state index contributed by atoms with van der Waals surface area (Å²) in [5, 5.41) is 37.2. The molecule has 0 unspecified atom stereocenters. The second-order valence-corrected chi connectivity index (χ2v) is 4.14. The van der Waals surface area contributed by atoms with Crippen LogP contribution in [0, 0.1) is 0 Å². The molecule has 0 aliphatic rings. The molecule has 20 heavy (non-hydrogen) atoms. The van der Waals surface area contributed by atoms with Crippen molar-refractivity contribution in [2.75, 3.05) is 0 Å². The lowest BCUT2D eigenvalue weighted by Gasteiger charge is -2.01. The Kier molecular flexibility index (Phi) is 3.61. The molecule has 0 spiro atoms. The van der Waals surface area contributed by atoms with Crippen LogP contribution in [-0.4, -0.2) is 26.2 Å². The topological polar surface area (TPSA) is 98.0 Å². The second kappa shape index (κ2) is 5.36. The molecule has 0 fully saturated rings. The van der Waals surface area contributed by atoms with Gasteiger partial charge in [-0.2, -0.15) is 0 Å². The molecule has 102 valence electrons. The van der Waals surface area contributed by atoms with E-state index in [9.17, 15) is 15.0 Å². The van der Waals surface area contributed by atoms with E-state index in [-0.39, 0.29) is 28.6 Å². The van der Waals surface area contributed by atoms with Crippen molar-refractivity contribution in [2.24, 2.45) is 0 Å². The summed E-state index contributed by atoms with van der Waals surface area (Å²) in [6.07, 6.45) is 2.61. The summed E-state index contributed by atoms with van der Waals surface area (Å²) < 4.78 is 0. The summed E-state index contributed by atoms with van der Waals surface area (Å²) >= 11 is 0. The molecular weight excluding hydrogens is 260 g/mol. The van der Waals surface area contributed by atoms with Gasteiger partial charge in [0, 0.05) is 17.2 Å². The number of benzene rings is 2. The molecule has 0 saturated carbocycles. The molecule has 0 aromatic heterocycles. The van der Waals surface area contributed by atoms with E-state index < -0.39 is 5.78 Å². The molecule has 5 heteroatoms. The first-order chi connectivity index (χ1) is 9.47. The Morgan fingerprint density at radius 3 is 2.25 bits per heavy atom. The molecular formula is C15H12O5. The number of carbonyl (C=O) groups excluding carboxylic acids is 1. The summed E-state index contributed by atoms with van der Waals surface area (Å²) in [6, 6.07) is 7.75. The van der Waals surface area contributed by atoms with Gasteiger partial charge in [-0.25, -0.2) is 0 Å². The zero-order valence-corrected chi connectivity index (χ0v) is 10.3. The average Bonchev–Trinajstić information content (AvgIpc) is 2.40. The van der Waals surface area contributed by atoms with Crippen LogP contribution in [-0.2, 0) is 0 Å². The van der Waals surface area contributed by atoms with Gasteiger partial charge in [-0.05, 0) is 42.5 Å². The highest BCUT2D eigenvalue weighted by molar-refractivity contribution is 6.07. The third kappa shape index (κ3) is 2.89. The zero-order chi connectivity index (χ0) is 14.7. The summed E-state index contributed by atoms with van der Waals surface area (Å²) in [5.74, 6) is -1.30. The molecule has 0 bridgehead atoms. The minimum Gasteiger partial charge on any atom is -0.508 e. The van der Waals surface area contributed by atoms with Gasteiger partial charge in [0.05, 0.1) is 0 Å². The van der Waals surface area contributed by atoms with E-state index in [4.69, 9.17) is 10.2 Å². The van der Waals surface area contributed by atoms with Crippen molar-refractivity contribution < 1.29 is 25.2 Å². The third-order valence-electron chi connectivity index (χ3n) is 2.69. The first-order valence-electron chi connectivity index (χ1n) is 5.74. The molecule has 0 aliphatic heterocycles. The Morgan fingerprint density at radius 2 is 1.60 bits per heavy atom. The predicted molar refractivity (Wildman–Crippen MR) is 72.9 cm³/mol. The Labute approximate surface area is 114 Å². The minimum atomic E-state index is -0.396. The number of rotatable bonds is 3. The lowest BCUT2D eigenvalue weighted by Crippen LogP contribution is -1.93. The molecule has 2 aromatic rings. The fourth-order valence-electron chi connectivity index (χ4n) is 1.61. The standard InChI is InChI=1S/C15H12O5/c16-11-4-1-9(14(19)8-11)2-5-12(17)10-3-6-13(18)15(20)7-10/h1-8,16,18-20H. The van der Waals surface area contributed by atoms with E-state index in [0.717, 1.165) is 12.1 Å². The van der Waals surface area contributed by atoms with Crippen molar-refractivity contribution in [2.45, 2.75) is 0 Å². The number of hydrogen-bond acceptors (Lipinski definition) is 5. The van der Waals surface area contributed by atoms with E-state index in [1.54, 1.807) is 0 Å². The summed E-state index contributed by atoms with van der Waals surface area (Å²) in [7, 11) is 0. The van der Waals surface area contributed by atoms with Crippen LogP contribution in [0.15, 0.2) is 42.5 Å². The SMILES string of the molecule is O=C(C=Cc1ccc(O)cc1O)c1ccc(O)c(O)c1. The van der Waals surface area contributed by atoms with E-state index in [1.807, 2.05) is 0 Å². The highest BCUT2D eigenvalue weighted by Crippen LogP contribution is 2.26. The smallest absolute Gasteiger partial charge is 0.185 e. The van der Waals surface area contributed by atoms with E-state index in [2.05, 4.69) is 0 Å². The van der Waals surface area contributed by atoms with Gasteiger partial charge in [-0.15, -0.1) is 0 Å². The molecule has 5 nitrogen and oxygen atoms in total. The molecule has 0 atom stereocenters. The van der Waals surface area contributed by atoms with Crippen molar-refractivity contribution in [3.8, 4) is 23.0 Å². The van der Waals surface area contributed by atoms with Crippen molar-refractivity contribution >= 4 is 11.9 Å². The van der Waals surface area contributed by atoms with Crippen LogP contribution < -0.4 is 0 Å². The van der Waals surface area contributed by atoms with Crippen molar-refractivity contribution in [3.63, 3.8) is 0 Å². The molecule has 0 radical (unpaired) electrons. The van der Waals surface area contributed by atoms with Crippen LogP contribution in [0.2, 0.25) is 0 Å². The quantitative estimate of drug-likeness (QED) is 0.391. The average molecular weight is 272 g/mol. The summed E-state index contributed by atoms with van der Waals surface area (Å²) in [6.45, 7) is 0. The maximum Gasteiger partial charge on any atom is 0.185 e. The van der Waals surface area contributed by atoms with Crippen LogP contribution in [0.5, 0.6) is 23.0 Å². The Bertz CT molecular complexity index is 689. The number of carbonyl (C=O) groups is 1. The molecule has 2 aromatic carbocycles. The fourth-order valence-corrected chi connectivity index (χ4v) is 1.61. The number of phenols is 4. The Balaban J connectivity index is 2.22. The van der Waals surface area contributed by atoms with Gasteiger partial charge in [-0.1, -0.05) is 0 Å². The molecule has 4 N–H and O–H groups in total. The Hall–Kier alpha value is -2.95. The number of phenolic OH excluding ortho intramolecular Hbond substituents is 4. The molecule has 0 saturated heterocycles. The number of hydrogen-bond donors (Lipinski definition) is 4. The fraction of sp³-hybridized carbons (Fsp3) is 0. The predicted octanol–water partition coefficient (Wildman–Crippen LogP) is 2.41. The van der Waals surface area contributed by atoms with E-state index >= 15 is 0 Å². The van der Waals surface area contributed by atoms with Gasteiger partial charge in [0.1, 0.15) is 11.5 Å². The summed E-state index contributed by atoms with van der Waals surface area (Å²) in [4.78, 5) is 11.8. The maximum atomic E-state index is 11.8. The molecule has 0 aliphatic carbocycles. The highest BCUT2D eigenvalue weighted by atomic mass is 16.3. The van der Waals surface area contributed by atoms with Crippen LogP contribution in [0.25, 0.3) is 6.08 Å². The molecule has 2 rings (SSSR count). The zero-order valence-electron chi connectivity index (χ0n) is 10.3. The van der Waals surface area contributed by atoms with Gasteiger partial charge >= 0.3 is 0 Å². The maximum absolute atomic E-state index is 11.8. The number of allylic oxidation sites excluding steroid dienone is 1. The van der Waals surface area contributed by atoms with Gasteiger partial charge in [0.2, 0.25) is 0 Å². The second-order valence-electron chi connectivity index (χ2n) is 4.14. The van der Waals surface area contributed by atoms with E-state index in [1.165, 1.54) is 36.4 Å². The Morgan fingerprint density at radius 1 is 0.850 bits per heavy atom. The highest BCUT2D eigenvalue weighted by Gasteiger charge is 2.06. The molecule has 0 amide bonds. The first-order valence-corrected chi connectivity index (χ1v) is 5.74. The van der Waals surface area contributed by atoms with Crippen LogP contribution in [0.1, 0.15) is 15.9 Å². The normalized spacial score (nSPS) is 10.8. The van der Waals surface area contributed by atoms with Crippen LogP contribution >= 0.6 is 0 Å².